The number of hydrogen-bond acceptors (Lipinski definition) is 7. The molecule has 0 bridgehead atoms. The molecular weight excluding hydrogens is 525 g/mol. The van der Waals surface area contributed by atoms with Crippen molar-refractivity contribution < 1.29 is 14.2 Å². The van der Waals surface area contributed by atoms with E-state index in [1.165, 1.54) is 0 Å². The van der Waals surface area contributed by atoms with E-state index in [0.717, 1.165) is 65.0 Å². The largest absolute Gasteiger partial charge is 0.583 e. The smallest absolute Gasteiger partial charge is 0.440 e. The molecule has 2 N–H and O–H groups in total. The zero-order valence-electron chi connectivity index (χ0n) is 25.2. The van der Waals surface area contributed by atoms with E-state index >= 15 is 0 Å². The van der Waals surface area contributed by atoms with Gasteiger partial charge in [-0.2, -0.15) is 0 Å². The molecule has 0 aliphatic carbocycles. The average Bonchev–Trinajstić information content (AvgIpc) is 2.96. The number of anilines is 2. The zero-order valence-corrected chi connectivity index (χ0v) is 25.2. The van der Waals surface area contributed by atoms with Gasteiger partial charge in [-0.15, -0.1) is 5.16 Å². The second kappa shape index (κ2) is 10.7. The highest BCUT2D eigenvalue weighted by Gasteiger charge is 2.29. The number of benzene rings is 3. The number of rotatable bonds is 5. The van der Waals surface area contributed by atoms with E-state index in [1.807, 2.05) is 38.1 Å². The predicted molar refractivity (Wildman–Crippen MR) is 172 cm³/mol. The second-order valence-corrected chi connectivity index (χ2v) is 12.7. The van der Waals surface area contributed by atoms with Gasteiger partial charge in [-0.3, -0.25) is 4.79 Å². The molecule has 7 nitrogen and oxygen atoms in total. The van der Waals surface area contributed by atoms with Crippen LogP contribution in [0.4, 0.5) is 11.6 Å². The van der Waals surface area contributed by atoms with Crippen molar-refractivity contribution in [2.24, 2.45) is 10.6 Å². The zero-order chi connectivity index (χ0) is 29.8. The van der Waals surface area contributed by atoms with Gasteiger partial charge in [0.2, 0.25) is 5.88 Å². The summed E-state index contributed by atoms with van der Waals surface area (Å²) in [6.07, 6.45) is 3.74. The first-order valence-corrected chi connectivity index (χ1v) is 14.7. The molecule has 216 valence electrons. The van der Waals surface area contributed by atoms with Crippen LogP contribution in [0, 0.1) is 26.2 Å². The standard InChI is InChI=1S/C34H38BN3O4/c1-20-7-10-30(27(15-20)24-8-9-29-25(18-24)19-36-42-35(29)40)37-23(4)26-16-21(2)17-28-31(39)22(3)33(41-32(26)28)38-13-11-34(5,6)12-14-38/h7-10,15-19,23,37,40H,11-14H2,1-6H3/t23-/m1/s1. The molecule has 2 aliphatic heterocycles. The molecule has 0 saturated carbocycles. The van der Waals surface area contributed by atoms with Gasteiger partial charge in [-0.25, -0.2) is 0 Å². The highest BCUT2D eigenvalue weighted by Crippen LogP contribution is 2.37. The van der Waals surface area contributed by atoms with Crippen LogP contribution < -0.4 is 21.1 Å². The molecule has 6 rings (SSSR count). The maximum atomic E-state index is 13.7. The van der Waals surface area contributed by atoms with E-state index in [0.29, 0.717) is 33.3 Å². The SMILES string of the molecule is Cc1ccc(N[C@H](C)c2cc(C)cc3c(=O)c(C)c(N4CCC(C)(C)CC4)oc23)c(-c2ccc3c(c2)C=NOB3O)c1. The van der Waals surface area contributed by atoms with Crippen LogP contribution in [0.5, 0.6) is 0 Å². The van der Waals surface area contributed by atoms with E-state index < -0.39 is 7.12 Å². The molecule has 42 heavy (non-hydrogen) atoms. The fourth-order valence-electron chi connectivity index (χ4n) is 6.11. The summed E-state index contributed by atoms with van der Waals surface area (Å²) in [5.41, 5.74) is 9.25. The maximum Gasteiger partial charge on any atom is 0.583 e. The van der Waals surface area contributed by atoms with E-state index in [1.54, 1.807) is 6.21 Å². The third kappa shape index (κ3) is 5.20. The van der Waals surface area contributed by atoms with E-state index in [2.05, 4.69) is 67.3 Å². The summed E-state index contributed by atoms with van der Waals surface area (Å²) < 4.78 is 11.7. The van der Waals surface area contributed by atoms with Crippen molar-refractivity contribution in [3.05, 3.63) is 86.6 Å². The van der Waals surface area contributed by atoms with Crippen LogP contribution in [-0.2, 0) is 4.76 Å². The Labute approximate surface area is 247 Å². The van der Waals surface area contributed by atoms with Crippen molar-refractivity contribution in [1.82, 2.24) is 0 Å². The van der Waals surface area contributed by atoms with Crippen LogP contribution in [0.3, 0.4) is 0 Å². The summed E-state index contributed by atoms with van der Waals surface area (Å²) in [7, 11) is -1.07. The van der Waals surface area contributed by atoms with Gasteiger partial charge >= 0.3 is 7.12 Å². The van der Waals surface area contributed by atoms with Gasteiger partial charge in [0.1, 0.15) is 5.58 Å². The van der Waals surface area contributed by atoms with Crippen molar-refractivity contribution in [3.8, 4) is 11.1 Å². The Morgan fingerprint density at radius 2 is 1.79 bits per heavy atom. The number of aryl methyl sites for hydroxylation is 2. The minimum atomic E-state index is -1.07. The van der Waals surface area contributed by atoms with E-state index in [9.17, 15) is 9.82 Å². The number of oxime groups is 1. The summed E-state index contributed by atoms with van der Waals surface area (Å²) in [5.74, 6) is 0.693. The van der Waals surface area contributed by atoms with Gasteiger partial charge in [-0.1, -0.05) is 43.7 Å². The topological polar surface area (TPSA) is 87.3 Å². The molecule has 8 heteroatoms. The fraction of sp³-hybridized carbons (Fsp3) is 0.353. The number of nitrogens with zero attached hydrogens (tertiary/aromatic N) is 2. The molecule has 1 atom stereocenters. The number of nitrogens with one attached hydrogen (secondary N) is 1. The van der Waals surface area contributed by atoms with Crippen molar-refractivity contribution in [2.45, 2.75) is 60.4 Å². The van der Waals surface area contributed by atoms with Gasteiger partial charge < -0.3 is 24.4 Å². The summed E-state index contributed by atoms with van der Waals surface area (Å²) in [4.78, 5) is 15.9. The first kappa shape index (κ1) is 28.1. The van der Waals surface area contributed by atoms with E-state index in [-0.39, 0.29) is 11.5 Å². The lowest BCUT2D eigenvalue weighted by atomic mass is 9.75. The molecule has 0 amide bonds. The van der Waals surface area contributed by atoms with Crippen LogP contribution in [0.15, 0.2) is 62.9 Å². The minimum absolute atomic E-state index is 0.0335. The Morgan fingerprint density at radius 1 is 1.02 bits per heavy atom. The highest BCUT2D eigenvalue weighted by molar-refractivity contribution is 6.62. The second-order valence-electron chi connectivity index (χ2n) is 12.7. The quantitative estimate of drug-likeness (QED) is 0.280. The molecule has 3 aromatic carbocycles. The van der Waals surface area contributed by atoms with Gasteiger partial charge in [0.25, 0.3) is 0 Å². The average molecular weight is 564 g/mol. The Hall–Kier alpha value is -4.04. The van der Waals surface area contributed by atoms with Crippen molar-refractivity contribution in [2.75, 3.05) is 23.3 Å². The monoisotopic (exact) mass is 563 g/mol. The fourth-order valence-corrected chi connectivity index (χ4v) is 6.11. The normalized spacial score (nSPS) is 16.7. The lowest BCUT2D eigenvalue weighted by Gasteiger charge is -2.37. The molecule has 1 aromatic heterocycles. The molecule has 3 heterocycles. The van der Waals surface area contributed by atoms with Crippen LogP contribution in [0.25, 0.3) is 22.1 Å². The van der Waals surface area contributed by atoms with Gasteiger partial charge in [0, 0.05) is 35.4 Å². The number of hydrogen-bond donors (Lipinski definition) is 2. The van der Waals surface area contributed by atoms with E-state index in [4.69, 9.17) is 9.17 Å². The molecule has 0 unspecified atom stereocenters. The third-order valence-electron chi connectivity index (χ3n) is 8.80. The lowest BCUT2D eigenvalue weighted by molar-refractivity contribution is 0.274. The molecular formula is C34H38BN3O4. The highest BCUT2D eigenvalue weighted by atomic mass is 16.6. The molecule has 1 fully saturated rings. The molecule has 4 aromatic rings. The third-order valence-corrected chi connectivity index (χ3v) is 8.80. The van der Waals surface area contributed by atoms with Crippen LogP contribution in [-0.4, -0.2) is 31.4 Å². The predicted octanol–water partition coefficient (Wildman–Crippen LogP) is 6.24. The maximum absolute atomic E-state index is 13.7. The van der Waals surface area contributed by atoms with Crippen molar-refractivity contribution >= 4 is 41.3 Å². The minimum Gasteiger partial charge on any atom is -0.440 e. The van der Waals surface area contributed by atoms with Gasteiger partial charge in [0.15, 0.2) is 5.43 Å². The Kier molecular flexibility index (Phi) is 7.13. The summed E-state index contributed by atoms with van der Waals surface area (Å²) in [6.45, 7) is 14.4. The molecule has 2 aliphatic rings. The summed E-state index contributed by atoms with van der Waals surface area (Å²) in [5, 5.41) is 18.3. The van der Waals surface area contributed by atoms with Crippen molar-refractivity contribution in [3.63, 3.8) is 0 Å². The number of piperidine rings is 1. The molecule has 0 spiro atoms. The van der Waals surface area contributed by atoms with Crippen molar-refractivity contribution in [1.29, 1.82) is 0 Å². The van der Waals surface area contributed by atoms with Crippen LogP contribution in [0.2, 0.25) is 0 Å². The molecule has 0 radical (unpaired) electrons. The van der Waals surface area contributed by atoms with Crippen LogP contribution >= 0.6 is 0 Å². The van der Waals surface area contributed by atoms with Crippen LogP contribution in [0.1, 0.15) is 67.5 Å². The summed E-state index contributed by atoms with van der Waals surface area (Å²) >= 11 is 0. The summed E-state index contributed by atoms with van der Waals surface area (Å²) in [6, 6.07) is 16.1. The molecule has 1 saturated heterocycles. The lowest BCUT2D eigenvalue weighted by Crippen LogP contribution is -2.38. The Bertz CT molecular complexity index is 1770. The van der Waals surface area contributed by atoms with Gasteiger partial charge in [-0.05, 0) is 86.9 Å². The Balaban J connectivity index is 1.40. The first-order chi connectivity index (χ1) is 20.0. The Morgan fingerprint density at radius 3 is 2.55 bits per heavy atom. The van der Waals surface area contributed by atoms with Gasteiger partial charge in [0.05, 0.1) is 23.2 Å². The number of fused-ring (bicyclic) bond motifs is 2. The first-order valence-electron chi connectivity index (χ1n) is 14.7.